The highest BCUT2D eigenvalue weighted by Gasteiger charge is 2.30. The number of nitrogens with zero attached hydrogens (tertiary/aromatic N) is 3. The van der Waals surface area contributed by atoms with Crippen molar-refractivity contribution in [1.29, 1.82) is 0 Å². The molecule has 0 aliphatic carbocycles. The van der Waals surface area contributed by atoms with Crippen LogP contribution < -0.4 is 5.32 Å². The van der Waals surface area contributed by atoms with E-state index in [1.807, 2.05) is 0 Å². The van der Waals surface area contributed by atoms with Gasteiger partial charge in [-0.25, -0.2) is 0 Å². The van der Waals surface area contributed by atoms with Gasteiger partial charge in [0.1, 0.15) is 0 Å². The fourth-order valence-corrected chi connectivity index (χ4v) is 2.46. The number of tetrazole rings is 1. The van der Waals surface area contributed by atoms with Crippen LogP contribution in [-0.4, -0.2) is 26.5 Å². The number of amides is 1. The van der Waals surface area contributed by atoms with Crippen molar-refractivity contribution in [3.8, 4) is 11.4 Å². The smallest absolute Gasteiger partial charge is 0.321 e. The summed E-state index contributed by atoms with van der Waals surface area (Å²) in [7, 11) is 0. The lowest BCUT2D eigenvalue weighted by Crippen LogP contribution is -2.13. The van der Waals surface area contributed by atoms with Gasteiger partial charge in [-0.1, -0.05) is 15.9 Å². The Hall–Kier alpha value is -2.75. The second-order valence-corrected chi connectivity index (χ2v) is 5.87. The number of benzene rings is 2. The average Bonchev–Trinajstić information content (AvgIpc) is 3.08. The highest BCUT2D eigenvalue weighted by atomic mass is 79.9. The normalized spacial score (nSPS) is 11.4. The highest BCUT2D eigenvalue weighted by molar-refractivity contribution is 9.10. The van der Waals surface area contributed by atoms with E-state index in [9.17, 15) is 18.0 Å². The van der Waals surface area contributed by atoms with E-state index in [0.717, 1.165) is 24.3 Å². The van der Waals surface area contributed by atoms with Crippen LogP contribution in [0, 0.1) is 0 Å². The van der Waals surface area contributed by atoms with Crippen molar-refractivity contribution in [3.05, 3.63) is 58.1 Å². The Labute approximate surface area is 147 Å². The molecule has 0 aliphatic heterocycles. The molecule has 10 heteroatoms. The number of halogens is 4. The standard InChI is InChI=1S/C15H9BrF3N5O/c16-10-5-6-11(13-21-23-24-22-13)12(7-10)20-14(25)8-1-3-9(4-2-8)15(17,18)19/h1-7H,(H,20,25)(H,21,22,23,24). The molecule has 3 rings (SSSR count). The van der Waals surface area contributed by atoms with Gasteiger partial charge in [0, 0.05) is 15.6 Å². The zero-order valence-corrected chi connectivity index (χ0v) is 13.9. The summed E-state index contributed by atoms with van der Waals surface area (Å²) in [4.78, 5) is 12.3. The lowest BCUT2D eigenvalue weighted by molar-refractivity contribution is -0.137. The third-order valence-corrected chi connectivity index (χ3v) is 3.78. The van der Waals surface area contributed by atoms with Gasteiger partial charge in [-0.3, -0.25) is 4.79 Å². The number of aromatic nitrogens is 4. The van der Waals surface area contributed by atoms with Crippen LogP contribution in [0.4, 0.5) is 18.9 Å². The van der Waals surface area contributed by atoms with Gasteiger partial charge in [0.2, 0.25) is 5.82 Å². The van der Waals surface area contributed by atoms with Gasteiger partial charge in [-0.15, -0.1) is 10.2 Å². The maximum Gasteiger partial charge on any atom is 0.416 e. The number of anilines is 1. The monoisotopic (exact) mass is 411 g/mol. The SMILES string of the molecule is O=C(Nc1cc(Br)ccc1-c1nn[nH]n1)c1ccc(C(F)(F)F)cc1. The number of hydrogen-bond donors (Lipinski definition) is 2. The summed E-state index contributed by atoms with van der Waals surface area (Å²) in [5.74, 6) is -0.285. The van der Waals surface area contributed by atoms with Crippen molar-refractivity contribution in [3.63, 3.8) is 0 Å². The van der Waals surface area contributed by atoms with Gasteiger partial charge in [0.15, 0.2) is 0 Å². The van der Waals surface area contributed by atoms with E-state index in [1.54, 1.807) is 18.2 Å². The molecule has 0 fully saturated rings. The zero-order valence-electron chi connectivity index (χ0n) is 12.3. The van der Waals surface area contributed by atoms with E-state index in [0.29, 0.717) is 15.7 Å². The Kier molecular flexibility index (Phi) is 4.53. The summed E-state index contributed by atoms with van der Waals surface area (Å²) in [6.45, 7) is 0. The number of rotatable bonds is 3. The van der Waals surface area contributed by atoms with Crippen LogP contribution in [0.1, 0.15) is 15.9 Å². The number of alkyl halides is 3. The predicted molar refractivity (Wildman–Crippen MR) is 86.7 cm³/mol. The first-order chi connectivity index (χ1) is 11.8. The first-order valence-corrected chi connectivity index (χ1v) is 7.66. The Balaban J connectivity index is 1.87. The number of aromatic amines is 1. The largest absolute Gasteiger partial charge is 0.416 e. The molecule has 1 amide bonds. The van der Waals surface area contributed by atoms with Gasteiger partial charge < -0.3 is 5.32 Å². The molecular weight excluding hydrogens is 403 g/mol. The van der Waals surface area contributed by atoms with E-state index in [2.05, 4.69) is 41.9 Å². The number of nitrogens with one attached hydrogen (secondary N) is 2. The van der Waals surface area contributed by atoms with E-state index >= 15 is 0 Å². The molecule has 0 radical (unpaired) electrons. The number of H-pyrrole nitrogens is 1. The topological polar surface area (TPSA) is 83.6 Å². The van der Waals surface area contributed by atoms with E-state index in [4.69, 9.17) is 0 Å². The summed E-state index contributed by atoms with van der Waals surface area (Å²) in [6.07, 6.45) is -4.45. The Morgan fingerprint density at radius 1 is 1.12 bits per heavy atom. The minimum atomic E-state index is -4.45. The third-order valence-electron chi connectivity index (χ3n) is 3.29. The van der Waals surface area contributed by atoms with Crippen LogP contribution in [0.3, 0.4) is 0 Å². The summed E-state index contributed by atoms with van der Waals surface area (Å²) in [5, 5.41) is 16.1. The van der Waals surface area contributed by atoms with Crippen molar-refractivity contribution in [2.24, 2.45) is 0 Å². The van der Waals surface area contributed by atoms with Crippen LogP contribution in [0.2, 0.25) is 0 Å². The van der Waals surface area contributed by atoms with E-state index in [1.165, 1.54) is 0 Å². The molecule has 6 nitrogen and oxygen atoms in total. The predicted octanol–water partition coefficient (Wildman–Crippen LogP) is 3.90. The molecule has 0 saturated heterocycles. The van der Waals surface area contributed by atoms with Gasteiger partial charge >= 0.3 is 6.18 Å². The average molecular weight is 412 g/mol. The number of carbonyl (C=O) groups excluding carboxylic acids is 1. The Bertz CT molecular complexity index is 895. The third kappa shape index (κ3) is 3.85. The minimum absolute atomic E-state index is 0.0898. The second-order valence-electron chi connectivity index (χ2n) is 4.95. The number of hydrogen-bond acceptors (Lipinski definition) is 4. The van der Waals surface area contributed by atoms with Crippen LogP contribution >= 0.6 is 15.9 Å². The molecule has 3 aromatic rings. The van der Waals surface area contributed by atoms with E-state index in [-0.39, 0.29) is 11.4 Å². The minimum Gasteiger partial charge on any atom is -0.321 e. The summed E-state index contributed by atoms with van der Waals surface area (Å²) in [5.41, 5.74) is 0.170. The Morgan fingerprint density at radius 2 is 1.84 bits per heavy atom. The fourth-order valence-electron chi connectivity index (χ4n) is 2.10. The van der Waals surface area contributed by atoms with Gasteiger partial charge in [0.05, 0.1) is 11.3 Å². The molecule has 0 saturated carbocycles. The first kappa shape index (κ1) is 17.1. The van der Waals surface area contributed by atoms with Crippen molar-refractivity contribution < 1.29 is 18.0 Å². The molecule has 2 aromatic carbocycles. The van der Waals surface area contributed by atoms with Crippen molar-refractivity contribution in [2.75, 3.05) is 5.32 Å². The highest BCUT2D eigenvalue weighted by Crippen LogP contribution is 2.30. The molecule has 0 atom stereocenters. The molecule has 0 unspecified atom stereocenters. The molecule has 0 spiro atoms. The Morgan fingerprint density at radius 3 is 2.44 bits per heavy atom. The molecule has 25 heavy (non-hydrogen) atoms. The molecule has 1 heterocycles. The lowest BCUT2D eigenvalue weighted by atomic mass is 10.1. The summed E-state index contributed by atoms with van der Waals surface area (Å²) in [6, 6.07) is 8.99. The van der Waals surface area contributed by atoms with Crippen molar-refractivity contribution in [2.45, 2.75) is 6.18 Å². The zero-order chi connectivity index (χ0) is 18.0. The number of carbonyl (C=O) groups is 1. The first-order valence-electron chi connectivity index (χ1n) is 6.86. The van der Waals surface area contributed by atoms with Gasteiger partial charge in [-0.05, 0) is 47.7 Å². The van der Waals surface area contributed by atoms with Crippen LogP contribution in [-0.2, 0) is 6.18 Å². The molecular formula is C15H9BrF3N5O. The maximum atomic E-state index is 12.6. The van der Waals surface area contributed by atoms with Gasteiger partial charge in [0.25, 0.3) is 5.91 Å². The molecule has 0 bridgehead atoms. The van der Waals surface area contributed by atoms with Crippen LogP contribution in [0.5, 0.6) is 0 Å². The quantitative estimate of drug-likeness (QED) is 0.684. The summed E-state index contributed by atoms with van der Waals surface area (Å²) >= 11 is 3.30. The maximum absolute atomic E-state index is 12.6. The molecule has 128 valence electrons. The van der Waals surface area contributed by atoms with Crippen LogP contribution in [0.15, 0.2) is 46.9 Å². The second kappa shape index (κ2) is 6.63. The fraction of sp³-hybridized carbons (Fsp3) is 0.0667. The van der Waals surface area contributed by atoms with Crippen molar-refractivity contribution >= 4 is 27.5 Å². The lowest BCUT2D eigenvalue weighted by Gasteiger charge is -2.11. The van der Waals surface area contributed by atoms with Crippen molar-refractivity contribution in [1.82, 2.24) is 20.6 Å². The summed E-state index contributed by atoms with van der Waals surface area (Å²) < 4.78 is 38.5. The molecule has 2 N–H and O–H groups in total. The van der Waals surface area contributed by atoms with Crippen LogP contribution in [0.25, 0.3) is 11.4 Å². The van der Waals surface area contributed by atoms with E-state index < -0.39 is 17.6 Å². The van der Waals surface area contributed by atoms with Gasteiger partial charge in [-0.2, -0.15) is 18.4 Å². The molecule has 0 aliphatic rings. The molecule has 1 aromatic heterocycles.